The number of aliphatic carboxylic acids is 1. The van der Waals surface area contributed by atoms with Crippen LogP contribution in [0.5, 0.6) is 5.75 Å². The first-order valence-corrected chi connectivity index (χ1v) is 11.9. The number of hydrogen-bond donors (Lipinski definition) is 4. The Labute approximate surface area is 218 Å². The number of amides is 2. The van der Waals surface area contributed by atoms with E-state index < -0.39 is 30.6 Å². The van der Waals surface area contributed by atoms with Crippen molar-refractivity contribution in [3.05, 3.63) is 89.5 Å². The van der Waals surface area contributed by atoms with Crippen molar-refractivity contribution >= 4 is 24.2 Å². The molecule has 0 radical (unpaired) electrons. The van der Waals surface area contributed by atoms with Gasteiger partial charge in [-0.15, -0.1) is 0 Å². The van der Waals surface area contributed by atoms with Gasteiger partial charge in [-0.25, -0.2) is 9.59 Å². The molecule has 3 aromatic rings. The summed E-state index contributed by atoms with van der Waals surface area (Å²) in [5.74, 6) is -1.94. The molecule has 1 aliphatic rings. The van der Waals surface area contributed by atoms with E-state index >= 15 is 0 Å². The number of alkyl carbamates (subject to hydrolysis) is 1. The number of carboxylic acids is 1. The SMILES string of the molecule is O=C(CO/N=C/Cc1ccc(O)cc1)NC[C@H](NC(=O)OCC1c2ccccc2-c2ccccc21)C(=O)O. The quantitative estimate of drug-likeness (QED) is 0.226. The Morgan fingerprint density at radius 3 is 2.21 bits per heavy atom. The highest BCUT2D eigenvalue weighted by Gasteiger charge is 2.29. The van der Waals surface area contributed by atoms with Crippen LogP contribution in [0.4, 0.5) is 4.79 Å². The summed E-state index contributed by atoms with van der Waals surface area (Å²) < 4.78 is 5.38. The Kier molecular flexibility index (Phi) is 8.55. The van der Waals surface area contributed by atoms with Crippen molar-refractivity contribution in [1.82, 2.24) is 10.6 Å². The number of phenolic OH excluding ortho intramolecular Hbond substituents is 1. The van der Waals surface area contributed by atoms with Crippen molar-refractivity contribution in [3.63, 3.8) is 0 Å². The molecule has 4 N–H and O–H groups in total. The topological polar surface area (TPSA) is 147 Å². The Balaban J connectivity index is 1.21. The van der Waals surface area contributed by atoms with E-state index in [-0.39, 0.29) is 24.8 Å². The average Bonchev–Trinajstić information content (AvgIpc) is 3.24. The smallest absolute Gasteiger partial charge is 0.407 e. The second-order valence-electron chi connectivity index (χ2n) is 8.60. The summed E-state index contributed by atoms with van der Waals surface area (Å²) >= 11 is 0. The number of fused-ring (bicyclic) bond motifs is 3. The van der Waals surface area contributed by atoms with Gasteiger partial charge in [0.25, 0.3) is 5.91 Å². The summed E-state index contributed by atoms with van der Waals surface area (Å²) in [6, 6.07) is 20.9. The Bertz CT molecular complexity index is 1280. The van der Waals surface area contributed by atoms with Crippen molar-refractivity contribution in [3.8, 4) is 16.9 Å². The number of benzene rings is 3. The lowest BCUT2D eigenvalue weighted by molar-refractivity contribution is -0.139. The van der Waals surface area contributed by atoms with Crippen molar-refractivity contribution in [2.75, 3.05) is 19.8 Å². The van der Waals surface area contributed by atoms with E-state index in [0.29, 0.717) is 6.42 Å². The zero-order valence-electron chi connectivity index (χ0n) is 20.4. The maximum atomic E-state index is 12.4. The number of carbonyl (C=O) groups is 3. The van der Waals surface area contributed by atoms with E-state index in [1.165, 1.54) is 6.21 Å². The highest BCUT2D eigenvalue weighted by molar-refractivity contribution is 5.83. The first kappa shape index (κ1) is 26.2. The minimum atomic E-state index is -1.40. The maximum Gasteiger partial charge on any atom is 0.407 e. The van der Waals surface area contributed by atoms with E-state index in [1.807, 2.05) is 48.5 Å². The number of carbonyl (C=O) groups excluding carboxylic acids is 2. The molecule has 2 amide bonds. The molecule has 0 aliphatic heterocycles. The van der Waals surface area contributed by atoms with Crippen LogP contribution in [-0.2, 0) is 25.6 Å². The summed E-state index contributed by atoms with van der Waals surface area (Å²) in [5, 5.41) is 27.1. The number of oxime groups is 1. The molecular formula is C28H27N3O7. The van der Waals surface area contributed by atoms with Crippen LogP contribution in [0.25, 0.3) is 11.1 Å². The van der Waals surface area contributed by atoms with Crippen molar-refractivity contribution < 1.29 is 34.2 Å². The first-order chi connectivity index (χ1) is 18.4. The second kappa shape index (κ2) is 12.4. The van der Waals surface area contributed by atoms with Crippen LogP contribution < -0.4 is 10.6 Å². The fourth-order valence-electron chi connectivity index (χ4n) is 4.17. The predicted molar refractivity (Wildman–Crippen MR) is 139 cm³/mol. The van der Waals surface area contributed by atoms with Gasteiger partial charge in [-0.3, -0.25) is 4.79 Å². The van der Waals surface area contributed by atoms with E-state index in [4.69, 9.17) is 9.57 Å². The molecule has 0 saturated heterocycles. The molecule has 4 rings (SSSR count). The zero-order valence-corrected chi connectivity index (χ0v) is 20.4. The molecule has 0 heterocycles. The van der Waals surface area contributed by atoms with Crippen LogP contribution in [0, 0.1) is 0 Å². The van der Waals surface area contributed by atoms with Crippen LogP contribution in [-0.4, -0.2) is 60.2 Å². The Morgan fingerprint density at radius 1 is 0.947 bits per heavy atom. The van der Waals surface area contributed by atoms with E-state index in [9.17, 15) is 24.6 Å². The van der Waals surface area contributed by atoms with E-state index in [2.05, 4.69) is 15.8 Å². The molecule has 3 aromatic carbocycles. The van der Waals surface area contributed by atoms with Gasteiger partial charge in [0.1, 0.15) is 18.4 Å². The molecule has 0 bridgehead atoms. The summed E-state index contributed by atoms with van der Waals surface area (Å²) in [5.41, 5.74) is 5.12. The molecular weight excluding hydrogens is 490 g/mol. The van der Waals surface area contributed by atoms with E-state index in [0.717, 1.165) is 27.8 Å². The molecule has 196 valence electrons. The second-order valence-corrected chi connectivity index (χ2v) is 8.60. The molecule has 0 unspecified atom stereocenters. The molecule has 38 heavy (non-hydrogen) atoms. The average molecular weight is 518 g/mol. The number of ether oxygens (including phenoxy) is 1. The third kappa shape index (κ3) is 6.67. The zero-order chi connectivity index (χ0) is 26.9. The summed E-state index contributed by atoms with van der Waals surface area (Å²) in [6.07, 6.45) is 0.995. The number of aromatic hydroxyl groups is 1. The van der Waals surface area contributed by atoms with Crippen molar-refractivity contribution in [2.45, 2.75) is 18.4 Å². The van der Waals surface area contributed by atoms with Crippen LogP contribution in [0.2, 0.25) is 0 Å². The Hall–Kier alpha value is -4.86. The molecule has 0 fully saturated rings. The van der Waals surface area contributed by atoms with Crippen LogP contribution in [0.3, 0.4) is 0 Å². The van der Waals surface area contributed by atoms with Crippen molar-refractivity contribution in [2.24, 2.45) is 5.16 Å². The van der Waals surface area contributed by atoms with Gasteiger partial charge in [0.15, 0.2) is 6.61 Å². The molecule has 1 aliphatic carbocycles. The fraction of sp³-hybridized carbons (Fsp3) is 0.214. The van der Waals surface area contributed by atoms with Gasteiger partial charge in [0.05, 0.1) is 0 Å². The molecule has 0 spiro atoms. The molecule has 0 saturated carbocycles. The highest BCUT2D eigenvalue weighted by atomic mass is 16.6. The van der Waals surface area contributed by atoms with Gasteiger partial charge in [-0.05, 0) is 39.9 Å². The van der Waals surface area contributed by atoms with Gasteiger partial charge >= 0.3 is 12.1 Å². The van der Waals surface area contributed by atoms with Crippen LogP contribution in [0.15, 0.2) is 78.0 Å². The van der Waals surface area contributed by atoms with Gasteiger partial charge in [-0.1, -0.05) is 65.8 Å². The lowest BCUT2D eigenvalue weighted by atomic mass is 9.98. The molecule has 1 atom stereocenters. The third-order valence-electron chi connectivity index (χ3n) is 6.05. The standard InChI is InChI=1S/C28H27N3O7/c32-19-11-9-18(10-12-19)13-14-30-38-17-26(33)29-15-25(27(34)35)31-28(36)37-16-24-22-7-3-1-5-20(22)21-6-2-4-8-23(21)24/h1-12,14,24-25,32H,13,15-17H2,(H,29,33)(H,31,36)(H,34,35)/b30-14+/t25-/m0/s1. The minimum Gasteiger partial charge on any atom is -0.508 e. The van der Waals surface area contributed by atoms with Gasteiger partial charge in [0, 0.05) is 25.1 Å². The highest BCUT2D eigenvalue weighted by Crippen LogP contribution is 2.44. The summed E-state index contributed by atoms with van der Waals surface area (Å²) in [7, 11) is 0. The van der Waals surface area contributed by atoms with Gasteiger partial charge in [0.2, 0.25) is 0 Å². The molecule has 10 heteroatoms. The third-order valence-corrected chi connectivity index (χ3v) is 6.05. The molecule has 0 aromatic heterocycles. The minimum absolute atomic E-state index is 0.0363. The maximum absolute atomic E-state index is 12.4. The van der Waals surface area contributed by atoms with Crippen molar-refractivity contribution in [1.29, 1.82) is 0 Å². The largest absolute Gasteiger partial charge is 0.508 e. The summed E-state index contributed by atoms with van der Waals surface area (Å²) in [6.45, 7) is -0.753. The van der Waals surface area contributed by atoms with Gasteiger partial charge < -0.3 is 30.4 Å². The number of hydrogen-bond acceptors (Lipinski definition) is 7. The van der Waals surface area contributed by atoms with Gasteiger partial charge in [-0.2, -0.15) is 0 Å². The number of nitrogens with one attached hydrogen (secondary N) is 2. The van der Waals surface area contributed by atoms with E-state index in [1.54, 1.807) is 24.3 Å². The number of nitrogens with zero attached hydrogens (tertiary/aromatic N) is 1. The first-order valence-electron chi connectivity index (χ1n) is 11.9. The lowest BCUT2D eigenvalue weighted by Gasteiger charge is -2.17. The Morgan fingerprint density at radius 2 is 1.58 bits per heavy atom. The monoisotopic (exact) mass is 517 g/mol. The molecule has 10 nitrogen and oxygen atoms in total. The van der Waals surface area contributed by atoms with Crippen LogP contribution >= 0.6 is 0 Å². The predicted octanol–water partition coefficient (Wildman–Crippen LogP) is 3.05. The number of phenols is 1. The number of carboxylic acid groups (broad SMARTS) is 1. The fourth-order valence-corrected chi connectivity index (χ4v) is 4.17. The normalized spacial score (nSPS) is 12.8. The number of rotatable bonds is 11. The lowest BCUT2D eigenvalue weighted by Crippen LogP contribution is -2.49. The van der Waals surface area contributed by atoms with Crippen LogP contribution in [0.1, 0.15) is 22.6 Å². The summed E-state index contributed by atoms with van der Waals surface area (Å²) in [4.78, 5) is 40.9.